The van der Waals surface area contributed by atoms with Crippen molar-refractivity contribution < 1.29 is 4.92 Å². The molecule has 0 N–H and O–H groups in total. The quantitative estimate of drug-likeness (QED) is 0.287. The molecule has 0 spiro atoms. The van der Waals surface area contributed by atoms with E-state index in [1.807, 2.05) is 31.3 Å². The number of thiazole rings is 1. The van der Waals surface area contributed by atoms with Gasteiger partial charge in [0.2, 0.25) is 0 Å². The molecule has 1 aliphatic carbocycles. The number of rotatable bonds is 5. The number of nitro groups is 1. The van der Waals surface area contributed by atoms with Crippen LogP contribution in [0.2, 0.25) is 0 Å². The van der Waals surface area contributed by atoms with Crippen molar-refractivity contribution in [3.05, 3.63) is 63.1 Å². The molecule has 7 heteroatoms. The lowest BCUT2D eigenvalue weighted by Gasteiger charge is -2.33. The van der Waals surface area contributed by atoms with Crippen molar-refractivity contribution >= 4 is 44.6 Å². The molecule has 1 aromatic heterocycles. The maximum atomic E-state index is 11.4. The highest BCUT2D eigenvalue weighted by molar-refractivity contribution is 7.19. The Hall–Kier alpha value is -3.24. The van der Waals surface area contributed by atoms with Crippen molar-refractivity contribution in [3.63, 3.8) is 0 Å². The summed E-state index contributed by atoms with van der Waals surface area (Å²) in [7, 11) is 2.04. The zero-order valence-electron chi connectivity index (χ0n) is 16.7. The molecular weight excluding hydrogens is 396 g/mol. The molecule has 0 radical (unpaired) electrons. The summed E-state index contributed by atoms with van der Waals surface area (Å²) >= 11 is 1.45. The Kier molecular flexibility index (Phi) is 5.77. The highest BCUT2D eigenvalue weighted by Crippen LogP contribution is 2.34. The fourth-order valence-electron chi connectivity index (χ4n) is 4.04. The summed E-state index contributed by atoms with van der Waals surface area (Å²) in [5.41, 5.74) is 2.85. The first-order valence-electron chi connectivity index (χ1n) is 10.1. The molecule has 4 rings (SSSR count). The number of para-hydroxylation sites is 1. The smallest absolute Gasteiger partial charge is 0.270 e. The highest BCUT2D eigenvalue weighted by Gasteiger charge is 2.22. The summed E-state index contributed by atoms with van der Waals surface area (Å²) in [6.45, 7) is 0. The number of hydrogen-bond acceptors (Lipinski definition) is 6. The minimum absolute atomic E-state index is 0.0173. The van der Waals surface area contributed by atoms with Crippen molar-refractivity contribution in [2.45, 2.75) is 38.1 Å². The topological polar surface area (TPSA) is 83.1 Å². The van der Waals surface area contributed by atoms with E-state index >= 15 is 0 Å². The van der Waals surface area contributed by atoms with Gasteiger partial charge in [0.1, 0.15) is 11.1 Å². The average molecular weight is 419 g/mol. The lowest BCUT2D eigenvalue weighted by Crippen LogP contribution is -2.33. The fraction of sp³-hybridized carbons (Fsp3) is 0.304. The van der Waals surface area contributed by atoms with Crippen LogP contribution >= 0.6 is 11.3 Å². The van der Waals surface area contributed by atoms with E-state index in [2.05, 4.69) is 16.0 Å². The van der Waals surface area contributed by atoms with Crippen molar-refractivity contribution in [2.24, 2.45) is 0 Å². The summed E-state index contributed by atoms with van der Waals surface area (Å²) in [6.07, 6.45) is 7.61. The summed E-state index contributed by atoms with van der Waals surface area (Å²) in [6, 6.07) is 15.3. The Labute approximate surface area is 179 Å². The molecule has 0 bridgehead atoms. The van der Waals surface area contributed by atoms with Gasteiger partial charge in [0, 0.05) is 36.5 Å². The number of fused-ring (bicyclic) bond motifs is 1. The number of hydrogen-bond donors (Lipinski definition) is 0. The standard InChI is InChI=1S/C23H22N4O2S/c1-26(18-7-3-2-4-8-18)21-12-11-19(27(28)29)14-16(21)13-17(15-24)23-25-20-9-5-6-10-22(20)30-23/h5-6,9-14,18H,2-4,7-8H2,1H3/b17-13+. The van der Waals surface area contributed by atoms with Gasteiger partial charge >= 0.3 is 0 Å². The second-order valence-electron chi connectivity index (χ2n) is 7.56. The van der Waals surface area contributed by atoms with Crippen LogP contribution < -0.4 is 4.90 Å². The van der Waals surface area contributed by atoms with Gasteiger partial charge in [0.05, 0.1) is 20.7 Å². The second kappa shape index (κ2) is 8.64. The van der Waals surface area contributed by atoms with Gasteiger partial charge in [-0.05, 0) is 37.1 Å². The van der Waals surface area contributed by atoms with Crippen LogP contribution in [-0.2, 0) is 0 Å². The third kappa shape index (κ3) is 4.05. The Bertz CT molecular complexity index is 1120. The molecule has 0 unspecified atom stereocenters. The van der Waals surface area contributed by atoms with Crippen LogP contribution in [-0.4, -0.2) is 23.0 Å². The first-order valence-corrected chi connectivity index (χ1v) is 10.9. The van der Waals surface area contributed by atoms with Crippen LogP contribution in [0.5, 0.6) is 0 Å². The number of anilines is 1. The van der Waals surface area contributed by atoms with Gasteiger partial charge in [-0.15, -0.1) is 11.3 Å². The molecule has 6 nitrogen and oxygen atoms in total. The van der Waals surface area contributed by atoms with Gasteiger partial charge in [0.15, 0.2) is 0 Å². The van der Waals surface area contributed by atoms with Gasteiger partial charge in [-0.2, -0.15) is 5.26 Å². The first-order chi connectivity index (χ1) is 14.6. The van der Waals surface area contributed by atoms with E-state index in [0.29, 0.717) is 22.2 Å². The van der Waals surface area contributed by atoms with Crippen molar-refractivity contribution in [2.75, 3.05) is 11.9 Å². The molecule has 152 valence electrons. The number of nitriles is 1. The summed E-state index contributed by atoms with van der Waals surface area (Å²) in [5, 5.41) is 21.8. The molecule has 1 heterocycles. The molecule has 1 saturated carbocycles. The molecule has 0 saturated heterocycles. The predicted octanol–water partition coefficient (Wildman–Crippen LogP) is 6.04. The van der Waals surface area contributed by atoms with E-state index in [1.165, 1.54) is 36.7 Å². The van der Waals surface area contributed by atoms with Gasteiger partial charge < -0.3 is 4.90 Å². The van der Waals surface area contributed by atoms with Crippen LogP contribution in [0.3, 0.4) is 0 Å². The maximum Gasteiger partial charge on any atom is 0.270 e. The zero-order valence-corrected chi connectivity index (χ0v) is 17.6. The van der Waals surface area contributed by atoms with E-state index in [9.17, 15) is 15.4 Å². The predicted molar refractivity (Wildman–Crippen MR) is 121 cm³/mol. The number of benzene rings is 2. The van der Waals surface area contributed by atoms with Gasteiger partial charge in [-0.25, -0.2) is 4.98 Å². The van der Waals surface area contributed by atoms with Crippen LogP contribution in [0.1, 0.15) is 42.7 Å². The largest absolute Gasteiger partial charge is 0.371 e. The van der Waals surface area contributed by atoms with E-state index in [-0.39, 0.29) is 5.69 Å². The van der Waals surface area contributed by atoms with Crippen molar-refractivity contribution in [3.8, 4) is 6.07 Å². The lowest BCUT2D eigenvalue weighted by atomic mass is 9.93. The SMILES string of the molecule is CN(c1ccc([N+](=O)[O-])cc1/C=C(\C#N)c1nc2ccccc2s1)C1CCCCC1. The molecule has 30 heavy (non-hydrogen) atoms. The number of nitro benzene ring substituents is 1. The van der Waals surface area contributed by atoms with E-state index in [4.69, 9.17) is 0 Å². The van der Waals surface area contributed by atoms with E-state index in [1.54, 1.807) is 18.2 Å². The highest BCUT2D eigenvalue weighted by atomic mass is 32.1. The van der Waals surface area contributed by atoms with Gasteiger partial charge in [-0.3, -0.25) is 10.1 Å². The summed E-state index contributed by atoms with van der Waals surface area (Å²) in [4.78, 5) is 17.8. The van der Waals surface area contributed by atoms with Gasteiger partial charge in [-0.1, -0.05) is 31.4 Å². The van der Waals surface area contributed by atoms with Crippen molar-refractivity contribution in [1.29, 1.82) is 5.26 Å². The minimum Gasteiger partial charge on any atom is -0.371 e. The molecule has 0 atom stereocenters. The van der Waals surface area contributed by atoms with Crippen LogP contribution in [0.4, 0.5) is 11.4 Å². The number of non-ortho nitro benzene ring substituents is 1. The number of nitrogens with zero attached hydrogens (tertiary/aromatic N) is 4. The molecule has 3 aromatic rings. The Balaban J connectivity index is 1.78. The van der Waals surface area contributed by atoms with Crippen LogP contribution in [0.15, 0.2) is 42.5 Å². The maximum absolute atomic E-state index is 11.4. The van der Waals surface area contributed by atoms with E-state index in [0.717, 1.165) is 28.7 Å². The Morgan fingerprint density at radius 2 is 2.03 bits per heavy atom. The molecule has 1 fully saturated rings. The zero-order chi connectivity index (χ0) is 21.1. The van der Waals surface area contributed by atoms with Crippen molar-refractivity contribution in [1.82, 2.24) is 4.98 Å². The summed E-state index contributed by atoms with van der Waals surface area (Å²) in [5.74, 6) is 0. The van der Waals surface area contributed by atoms with Gasteiger partial charge in [0.25, 0.3) is 5.69 Å². The molecule has 0 amide bonds. The lowest BCUT2D eigenvalue weighted by molar-refractivity contribution is -0.384. The molecule has 1 aliphatic rings. The average Bonchev–Trinajstić information content (AvgIpc) is 3.21. The monoisotopic (exact) mass is 418 g/mol. The Morgan fingerprint density at radius 3 is 2.73 bits per heavy atom. The second-order valence-corrected chi connectivity index (χ2v) is 8.59. The molecule has 0 aliphatic heterocycles. The van der Waals surface area contributed by atoms with Crippen LogP contribution in [0.25, 0.3) is 21.9 Å². The number of aromatic nitrogens is 1. The normalized spacial score (nSPS) is 15.1. The minimum atomic E-state index is -0.397. The molecule has 2 aromatic carbocycles. The van der Waals surface area contributed by atoms with E-state index < -0.39 is 4.92 Å². The van der Waals surface area contributed by atoms with Crippen LogP contribution in [0, 0.1) is 21.4 Å². The summed E-state index contributed by atoms with van der Waals surface area (Å²) < 4.78 is 1.01. The first kappa shape index (κ1) is 20.0. The number of allylic oxidation sites excluding steroid dienone is 1. The third-order valence-corrected chi connectivity index (χ3v) is 6.74. The fourth-order valence-corrected chi connectivity index (χ4v) is 4.97. The Morgan fingerprint density at radius 1 is 1.27 bits per heavy atom. The third-order valence-electron chi connectivity index (χ3n) is 5.67. The molecular formula is C23H22N4O2S.